The number of amides is 5. The van der Waals surface area contributed by atoms with Crippen LogP contribution in [-0.4, -0.2) is 91.9 Å². The molecule has 0 saturated heterocycles. The number of nitrogens with zero attached hydrogens (tertiary/aromatic N) is 1. The van der Waals surface area contributed by atoms with E-state index in [2.05, 4.69) is 26.6 Å². The number of rotatable bonds is 18. The molecule has 0 aliphatic carbocycles. The quantitative estimate of drug-likeness (QED) is 0.0705. The van der Waals surface area contributed by atoms with Gasteiger partial charge in [-0.2, -0.15) is 0 Å². The van der Waals surface area contributed by atoms with Crippen LogP contribution in [-0.2, 0) is 38.4 Å². The highest BCUT2D eigenvalue weighted by atomic mass is 16.6. The molecule has 19 heteroatoms. The predicted molar refractivity (Wildman–Crippen MR) is 151 cm³/mol. The zero-order valence-corrected chi connectivity index (χ0v) is 24.4. The first kappa shape index (κ1) is 37.4. The van der Waals surface area contributed by atoms with Crippen molar-refractivity contribution in [2.75, 3.05) is 5.32 Å². The molecule has 0 aliphatic heterocycles. The van der Waals surface area contributed by atoms with Crippen LogP contribution in [0.25, 0.3) is 0 Å². The molecule has 1 rings (SSSR count). The standard InChI is InChI=1S/C26H34N6O13/c1-12(2)22(25(41)30-18(26(42)43)10-19(34)28-14-4-6-15(7-5-14)32(44)45)31-23(39)16(8-9-20(35)36)29-24(40)17(11-21(37)38)27-13(3)33/h4-7,12,16-18,22H,8-11H2,1-3H3,(H,27,33)(H,28,34)(H,29,40)(H,30,41)(H,31,39)(H,35,36)(H,37,38)(H,42,43). The number of nitrogens with one attached hydrogen (secondary N) is 5. The maximum absolute atomic E-state index is 13.1. The highest BCUT2D eigenvalue weighted by molar-refractivity contribution is 5.98. The Labute approximate surface area is 255 Å². The monoisotopic (exact) mass is 638 g/mol. The van der Waals surface area contributed by atoms with Crippen molar-refractivity contribution in [1.82, 2.24) is 21.3 Å². The number of carbonyl (C=O) groups is 8. The minimum atomic E-state index is -1.79. The van der Waals surface area contributed by atoms with Gasteiger partial charge in [0, 0.05) is 31.2 Å². The number of nitro benzene ring substituents is 1. The van der Waals surface area contributed by atoms with Crippen LogP contribution in [0.1, 0.15) is 46.5 Å². The summed E-state index contributed by atoms with van der Waals surface area (Å²) >= 11 is 0. The normalized spacial score (nSPS) is 13.2. The van der Waals surface area contributed by atoms with E-state index in [0.29, 0.717) is 0 Å². The fourth-order valence-electron chi connectivity index (χ4n) is 3.75. The second kappa shape index (κ2) is 17.5. The van der Waals surface area contributed by atoms with Crippen molar-refractivity contribution in [2.24, 2.45) is 5.92 Å². The van der Waals surface area contributed by atoms with Crippen LogP contribution in [0.2, 0.25) is 0 Å². The molecule has 4 unspecified atom stereocenters. The van der Waals surface area contributed by atoms with Crippen LogP contribution in [0.3, 0.4) is 0 Å². The summed E-state index contributed by atoms with van der Waals surface area (Å²) in [4.78, 5) is 107. The Balaban J connectivity index is 3.05. The topological polar surface area (TPSA) is 301 Å². The Hall–Kier alpha value is -5.62. The van der Waals surface area contributed by atoms with Crippen molar-refractivity contribution < 1.29 is 58.6 Å². The summed E-state index contributed by atoms with van der Waals surface area (Å²) < 4.78 is 0. The lowest BCUT2D eigenvalue weighted by Crippen LogP contribution is -2.59. The van der Waals surface area contributed by atoms with Crippen molar-refractivity contribution in [1.29, 1.82) is 0 Å². The van der Waals surface area contributed by atoms with E-state index in [1.165, 1.54) is 26.0 Å². The third kappa shape index (κ3) is 13.5. The molecule has 8 N–H and O–H groups in total. The van der Waals surface area contributed by atoms with Gasteiger partial charge in [0.15, 0.2) is 0 Å². The summed E-state index contributed by atoms with van der Waals surface area (Å²) in [5.41, 5.74) is -0.130. The molecule has 4 atom stereocenters. The highest BCUT2D eigenvalue weighted by Gasteiger charge is 2.33. The Morgan fingerprint density at radius 2 is 1.31 bits per heavy atom. The molecule has 1 aromatic carbocycles. The molecule has 0 bridgehead atoms. The third-order valence-electron chi connectivity index (χ3n) is 5.97. The Kier molecular flexibility index (Phi) is 14.5. The number of hydrogen-bond acceptors (Lipinski definition) is 10. The molecule has 45 heavy (non-hydrogen) atoms. The zero-order valence-electron chi connectivity index (χ0n) is 24.4. The molecule has 0 saturated carbocycles. The van der Waals surface area contributed by atoms with Crippen molar-refractivity contribution in [2.45, 2.75) is 70.6 Å². The van der Waals surface area contributed by atoms with Crippen LogP contribution in [0, 0.1) is 16.0 Å². The largest absolute Gasteiger partial charge is 0.481 e. The SMILES string of the molecule is CC(=O)NC(CC(=O)O)C(=O)NC(CCC(=O)O)C(=O)NC(C(=O)NC(CC(=O)Nc1ccc([N+](=O)[O-])cc1)C(=O)O)C(C)C. The molecule has 0 radical (unpaired) electrons. The number of carboxylic acids is 3. The molecule has 1 aromatic rings. The smallest absolute Gasteiger partial charge is 0.326 e. The lowest BCUT2D eigenvalue weighted by atomic mass is 10.0. The number of carboxylic acid groups (broad SMARTS) is 3. The highest BCUT2D eigenvalue weighted by Crippen LogP contribution is 2.16. The first-order chi connectivity index (χ1) is 20.9. The van der Waals surface area contributed by atoms with Gasteiger partial charge in [-0.1, -0.05) is 13.8 Å². The minimum Gasteiger partial charge on any atom is -0.481 e. The third-order valence-corrected chi connectivity index (χ3v) is 5.97. The fourth-order valence-corrected chi connectivity index (χ4v) is 3.75. The minimum absolute atomic E-state index is 0.118. The molecule has 5 amide bonds. The predicted octanol–water partition coefficient (Wildman–Crippen LogP) is -1.04. The van der Waals surface area contributed by atoms with E-state index in [1.54, 1.807) is 0 Å². The number of carbonyl (C=O) groups excluding carboxylic acids is 5. The maximum atomic E-state index is 13.1. The summed E-state index contributed by atoms with van der Waals surface area (Å²) in [6, 6.07) is -1.81. The molecular weight excluding hydrogens is 604 g/mol. The van der Waals surface area contributed by atoms with Gasteiger partial charge in [-0.3, -0.25) is 43.7 Å². The van der Waals surface area contributed by atoms with Crippen molar-refractivity contribution in [3.8, 4) is 0 Å². The summed E-state index contributed by atoms with van der Waals surface area (Å²) in [6.45, 7) is 3.98. The van der Waals surface area contributed by atoms with E-state index in [-0.39, 0.29) is 11.4 Å². The lowest BCUT2D eigenvalue weighted by molar-refractivity contribution is -0.384. The van der Waals surface area contributed by atoms with E-state index in [0.717, 1.165) is 19.1 Å². The van der Waals surface area contributed by atoms with Gasteiger partial charge >= 0.3 is 17.9 Å². The zero-order chi connectivity index (χ0) is 34.4. The van der Waals surface area contributed by atoms with Crippen molar-refractivity contribution in [3.63, 3.8) is 0 Å². The first-order valence-electron chi connectivity index (χ1n) is 13.3. The van der Waals surface area contributed by atoms with E-state index >= 15 is 0 Å². The van der Waals surface area contributed by atoms with Gasteiger partial charge in [-0.05, 0) is 24.5 Å². The van der Waals surface area contributed by atoms with Crippen LogP contribution < -0.4 is 26.6 Å². The molecule has 0 fully saturated rings. The van der Waals surface area contributed by atoms with Gasteiger partial charge in [0.2, 0.25) is 29.5 Å². The van der Waals surface area contributed by atoms with Gasteiger partial charge in [0.1, 0.15) is 24.2 Å². The van der Waals surface area contributed by atoms with Crippen LogP contribution in [0.4, 0.5) is 11.4 Å². The van der Waals surface area contributed by atoms with Crippen LogP contribution in [0.5, 0.6) is 0 Å². The Morgan fingerprint density at radius 1 is 0.756 bits per heavy atom. The van der Waals surface area contributed by atoms with E-state index in [9.17, 15) is 53.6 Å². The summed E-state index contributed by atoms with van der Waals surface area (Å²) in [6.07, 6.45) is -2.77. The second-order valence-electron chi connectivity index (χ2n) is 10.0. The summed E-state index contributed by atoms with van der Waals surface area (Å²) in [5.74, 6) is -9.97. The number of non-ortho nitro benzene ring substituents is 1. The lowest BCUT2D eigenvalue weighted by Gasteiger charge is -2.27. The molecule has 246 valence electrons. The molecule has 19 nitrogen and oxygen atoms in total. The van der Waals surface area contributed by atoms with Crippen molar-refractivity contribution in [3.05, 3.63) is 34.4 Å². The van der Waals surface area contributed by atoms with Gasteiger partial charge in [-0.25, -0.2) is 4.79 Å². The Bertz CT molecular complexity index is 1300. The number of nitro groups is 1. The number of aliphatic carboxylic acids is 3. The van der Waals surface area contributed by atoms with Crippen LogP contribution in [0.15, 0.2) is 24.3 Å². The average Bonchev–Trinajstić information content (AvgIpc) is 2.92. The fraction of sp³-hybridized carbons (Fsp3) is 0.462. The number of anilines is 1. The summed E-state index contributed by atoms with van der Waals surface area (Å²) in [5, 5.41) is 49.6. The van der Waals surface area contributed by atoms with Gasteiger partial charge in [0.25, 0.3) is 5.69 Å². The maximum Gasteiger partial charge on any atom is 0.326 e. The first-order valence-corrected chi connectivity index (χ1v) is 13.3. The van der Waals surface area contributed by atoms with Gasteiger partial charge in [0.05, 0.1) is 17.8 Å². The number of benzene rings is 1. The second-order valence-corrected chi connectivity index (χ2v) is 10.0. The molecular formula is C26H34N6O13. The average molecular weight is 639 g/mol. The molecule has 0 spiro atoms. The molecule has 0 aliphatic rings. The molecule has 0 heterocycles. The van der Waals surface area contributed by atoms with Crippen molar-refractivity contribution >= 4 is 58.8 Å². The Morgan fingerprint density at radius 3 is 1.78 bits per heavy atom. The number of hydrogen-bond donors (Lipinski definition) is 8. The summed E-state index contributed by atoms with van der Waals surface area (Å²) in [7, 11) is 0. The molecule has 0 aromatic heterocycles. The van der Waals surface area contributed by atoms with Crippen LogP contribution >= 0.6 is 0 Å². The van der Waals surface area contributed by atoms with E-state index < -0.39 is 108 Å². The van der Waals surface area contributed by atoms with E-state index in [4.69, 9.17) is 10.2 Å². The van der Waals surface area contributed by atoms with Gasteiger partial charge in [-0.15, -0.1) is 0 Å². The van der Waals surface area contributed by atoms with E-state index in [1.807, 2.05) is 0 Å². The van der Waals surface area contributed by atoms with Gasteiger partial charge < -0.3 is 41.9 Å².